The highest BCUT2D eigenvalue weighted by molar-refractivity contribution is 5.42. The second-order valence-electron chi connectivity index (χ2n) is 6.57. The molecule has 0 bridgehead atoms. The first-order chi connectivity index (χ1) is 11.1. The van der Waals surface area contributed by atoms with E-state index in [1.807, 2.05) is 32.0 Å². The highest BCUT2D eigenvalue weighted by atomic mass is 16.1. The van der Waals surface area contributed by atoms with Gasteiger partial charge in [-0.2, -0.15) is 0 Å². The minimum Gasteiger partial charge on any atom is -0.269 e. The third-order valence-corrected chi connectivity index (χ3v) is 4.63. The minimum absolute atomic E-state index is 0.119. The normalized spacial score (nSPS) is 11.3. The van der Waals surface area contributed by atoms with Crippen LogP contribution in [0.25, 0.3) is 5.65 Å². The van der Waals surface area contributed by atoms with Crippen molar-refractivity contribution >= 4 is 5.65 Å². The van der Waals surface area contributed by atoms with E-state index in [0.29, 0.717) is 0 Å². The van der Waals surface area contributed by atoms with E-state index in [9.17, 15) is 4.79 Å². The Kier molecular flexibility index (Phi) is 6.82. The van der Waals surface area contributed by atoms with Crippen LogP contribution in [0, 0.1) is 13.8 Å². The summed E-state index contributed by atoms with van der Waals surface area (Å²) in [6, 6.07) is 5.82. The maximum absolute atomic E-state index is 12.7. The molecule has 0 radical (unpaired) electrons. The molecule has 0 aliphatic carbocycles. The second-order valence-corrected chi connectivity index (χ2v) is 6.57. The molecule has 0 saturated carbocycles. The van der Waals surface area contributed by atoms with Gasteiger partial charge in [-0.3, -0.25) is 9.20 Å². The van der Waals surface area contributed by atoms with E-state index >= 15 is 0 Å². The van der Waals surface area contributed by atoms with E-state index < -0.39 is 0 Å². The van der Waals surface area contributed by atoms with Crippen LogP contribution < -0.4 is 5.56 Å². The van der Waals surface area contributed by atoms with Gasteiger partial charge >= 0.3 is 0 Å². The summed E-state index contributed by atoms with van der Waals surface area (Å²) in [6.07, 6.45) is 11.1. The van der Waals surface area contributed by atoms with Gasteiger partial charge in [0.2, 0.25) is 0 Å². The molecule has 0 N–H and O–H groups in total. The van der Waals surface area contributed by atoms with Crippen LogP contribution in [0.1, 0.15) is 75.2 Å². The predicted octanol–water partition coefficient (Wildman–Crippen LogP) is 4.99. The molecule has 0 aliphatic rings. The summed E-state index contributed by atoms with van der Waals surface area (Å²) < 4.78 is 1.74. The largest absolute Gasteiger partial charge is 0.269 e. The molecule has 0 unspecified atom stereocenters. The van der Waals surface area contributed by atoms with Gasteiger partial charge in [0.05, 0.1) is 0 Å². The Morgan fingerprint density at radius 3 is 2.30 bits per heavy atom. The fourth-order valence-electron chi connectivity index (χ4n) is 3.21. The Hall–Kier alpha value is -1.64. The molecule has 0 saturated heterocycles. The number of fused-ring (bicyclic) bond motifs is 1. The lowest BCUT2D eigenvalue weighted by molar-refractivity contribution is 0.574. The SMILES string of the molecule is CCCCCCCCCCc1c(C)nc2cccc(C)n2c1=O. The molecule has 0 aliphatic heterocycles. The Morgan fingerprint density at radius 1 is 0.957 bits per heavy atom. The lowest BCUT2D eigenvalue weighted by Crippen LogP contribution is -2.23. The van der Waals surface area contributed by atoms with E-state index in [1.165, 1.54) is 44.9 Å². The number of hydrogen-bond acceptors (Lipinski definition) is 2. The number of nitrogens with zero attached hydrogens (tertiary/aromatic N) is 2. The molecule has 0 spiro atoms. The first-order valence-corrected chi connectivity index (χ1v) is 9.13. The molecule has 0 amide bonds. The number of aryl methyl sites for hydroxylation is 2. The number of aromatic nitrogens is 2. The van der Waals surface area contributed by atoms with Crippen LogP contribution in [0.5, 0.6) is 0 Å². The highest BCUT2D eigenvalue weighted by Crippen LogP contribution is 2.12. The van der Waals surface area contributed by atoms with Crippen LogP contribution in [0.4, 0.5) is 0 Å². The Balaban J connectivity index is 1.93. The summed E-state index contributed by atoms with van der Waals surface area (Å²) in [6.45, 7) is 6.18. The van der Waals surface area contributed by atoms with Crippen molar-refractivity contribution in [3.63, 3.8) is 0 Å². The van der Waals surface area contributed by atoms with Gasteiger partial charge in [-0.1, -0.05) is 57.9 Å². The molecule has 0 aromatic carbocycles. The molecule has 2 rings (SSSR count). The van der Waals surface area contributed by atoms with E-state index in [1.54, 1.807) is 4.40 Å². The summed E-state index contributed by atoms with van der Waals surface area (Å²) in [7, 11) is 0. The van der Waals surface area contributed by atoms with Crippen LogP contribution in [0.2, 0.25) is 0 Å². The molecular weight excluding hydrogens is 284 g/mol. The number of unbranched alkanes of at least 4 members (excludes halogenated alkanes) is 7. The Morgan fingerprint density at radius 2 is 1.61 bits per heavy atom. The molecule has 3 nitrogen and oxygen atoms in total. The zero-order valence-corrected chi connectivity index (χ0v) is 14.9. The highest BCUT2D eigenvalue weighted by Gasteiger charge is 2.10. The monoisotopic (exact) mass is 314 g/mol. The average molecular weight is 314 g/mol. The average Bonchev–Trinajstić information content (AvgIpc) is 2.52. The van der Waals surface area contributed by atoms with Crippen molar-refractivity contribution in [1.82, 2.24) is 9.38 Å². The summed E-state index contributed by atoms with van der Waals surface area (Å²) in [4.78, 5) is 17.3. The van der Waals surface area contributed by atoms with Crippen LogP contribution >= 0.6 is 0 Å². The molecular formula is C20H30N2O. The molecule has 0 fully saturated rings. The maximum Gasteiger partial charge on any atom is 0.261 e. The van der Waals surface area contributed by atoms with Crippen molar-refractivity contribution in [2.24, 2.45) is 0 Å². The molecule has 0 atom stereocenters. The van der Waals surface area contributed by atoms with Crippen molar-refractivity contribution < 1.29 is 0 Å². The fourth-order valence-corrected chi connectivity index (χ4v) is 3.21. The molecule has 2 heterocycles. The van der Waals surface area contributed by atoms with Crippen LogP contribution in [-0.2, 0) is 6.42 Å². The minimum atomic E-state index is 0.119. The first kappa shape index (κ1) is 17.7. The van der Waals surface area contributed by atoms with Gasteiger partial charge in [-0.05, 0) is 38.8 Å². The lowest BCUT2D eigenvalue weighted by atomic mass is 10.0. The van der Waals surface area contributed by atoms with Gasteiger partial charge in [-0.15, -0.1) is 0 Å². The van der Waals surface area contributed by atoms with Crippen molar-refractivity contribution in [3.05, 3.63) is 45.5 Å². The van der Waals surface area contributed by atoms with Crippen molar-refractivity contribution in [1.29, 1.82) is 0 Å². The molecule has 23 heavy (non-hydrogen) atoms. The smallest absolute Gasteiger partial charge is 0.261 e. The molecule has 2 aromatic heterocycles. The van der Waals surface area contributed by atoms with Crippen LogP contribution in [0.15, 0.2) is 23.0 Å². The third kappa shape index (κ3) is 4.66. The van der Waals surface area contributed by atoms with Gasteiger partial charge in [0.25, 0.3) is 5.56 Å². The van der Waals surface area contributed by atoms with Gasteiger partial charge in [0.1, 0.15) is 5.65 Å². The number of hydrogen-bond donors (Lipinski definition) is 0. The number of pyridine rings is 1. The van der Waals surface area contributed by atoms with Crippen molar-refractivity contribution in [3.8, 4) is 0 Å². The van der Waals surface area contributed by atoms with Crippen molar-refractivity contribution in [2.75, 3.05) is 0 Å². The fraction of sp³-hybridized carbons (Fsp3) is 0.600. The maximum atomic E-state index is 12.7. The zero-order chi connectivity index (χ0) is 16.7. The van der Waals surface area contributed by atoms with Gasteiger partial charge in [-0.25, -0.2) is 4.98 Å². The van der Waals surface area contributed by atoms with Gasteiger partial charge in [0.15, 0.2) is 0 Å². The van der Waals surface area contributed by atoms with Crippen LogP contribution in [0.3, 0.4) is 0 Å². The summed E-state index contributed by atoms with van der Waals surface area (Å²) in [5, 5.41) is 0. The van der Waals surface area contributed by atoms with E-state index in [2.05, 4.69) is 11.9 Å². The van der Waals surface area contributed by atoms with Crippen LogP contribution in [-0.4, -0.2) is 9.38 Å². The topological polar surface area (TPSA) is 34.4 Å². The standard InChI is InChI=1S/C20H30N2O/c1-4-5-6-7-8-9-10-11-14-18-17(3)21-19-15-12-13-16(2)22(19)20(18)23/h12-13,15H,4-11,14H2,1-3H3. The van der Waals surface area contributed by atoms with E-state index in [-0.39, 0.29) is 5.56 Å². The van der Waals surface area contributed by atoms with E-state index in [0.717, 1.165) is 35.4 Å². The van der Waals surface area contributed by atoms with Gasteiger partial charge < -0.3 is 0 Å². The first-order valence-electron chi connectivity index (χ1n) is 9.13. The van der Waals surface area contributed by atoms with Crippen molar-refractivity contribution in [2.45, 2.75) is 78.6 Å². The number of rotatable bonds is 9. The summed E-state index contributed by atoms with van der Waals surface area (Å²) in [5.41, 5.74) is 3.62. The third-order valence-electron chi connectivity index (χ3n) is 4.63. The quantitative estimate of drug-likeness (QED) is 0.611. The Bertz CT molecular complexity index is 688. The predicted molar refractivity (Wildman–Crippen MR) is 97.3 cm³/mol. The summed E-state index contributed by atoms with van der Waals surface area (Å²) >= 11 is 0. The molecule has 2 aromatic rings. The molecule has 126 valence electrons. The zero-order valence-electron chi connectivity index (χ0n) is 14.9. The van der Waals surface area contributed by atoms with Gasteiger partial charge in [0, 0.05) is 17.0 Å². The van der Waals surface area contributed by atoms with E-state index in [4.69, 9.17) is 0 Å². The molecule has 3 heteroatoms. The summed E-state index contributed by atoms with van der Waals surface area (Å²) in [5.74, 6) is 0. The second kappa shape index (κ2) is 8.85. The lowest BCUT2D eigenvalue weighted by Gasteiger charge is -2.10. The Labute approximate surface area is 139 Å².